The molecule has 1 nitrogen and oxygen atoms in total. The Labute approximate surface area is 90.4 Å². The van der Waals surface area contributed by atoms with E-state index >= 15 is 0 Å². The van der Waals surface area contributed by atoms with Crippen LogP contribution in [0.4, 0.5) is 0 Å². The van der Waals surface area contributed by atoms with Crippen molar-refractivity contribution in [1.29, 1.82) is 0 Å². The van der Waals surface area contributed by atoms with Crippen LogP contribution in [0.5, 0.6) is 0 Å². The monoisotopic (exact) mass is 260 g/mol. The minimum Gasteiger partial charge on any atom is -0.364 e. The van der Waals surface area contributed by atoms with Gasteiger partial charge in [-0.2, -0.15) is 0 Å². The van der Waals surface area contributed by atoms with Gasteiger partial charge in [0, 0.05) is 6.61 Å². The quantitative estimate of drug-likeness (QED) is 0.370. The Balaban J connectivity index is 2.54. The summed E-state index contributed by atoms with van der Waals surface area (Å²) in [7, 11) is -1.23. The van der Waals surface area contributed by atoms with Gasteiger partial charge in [-0.05, 0) is 12.8 Å². The summed E-state index contributed by atoms with van der Waals surface area (Å²) in [6, 6.07) is 0. The van der Waals surface area contributed by atoms with Crippen molar-refractivity contribution in [3.05, 3.63) is 0 Å². The lowest BCUT2D eigenvalue weighted by atomic mass is 10.1. The number of alkyl halides is 1. The lowest BCUT2D eigenvalue weighted by Crippen LogP contribution is -2.29. The van der Waals surface area contributed by atoms with Crippen LogP contribution in [0.15, 0.2) is 0 Å². The highest BCUT2D eigenvalue weighted by Gasteiger charge is 2.21. The van der Waals surface area contributed by atoms with Gasteiger partial charge in [0.05, 0.1) is 4.83 Å². The third-order valence-electron chi connectivity index (χ3n) is 1.84. The molecule has 3 heteroatoms. The summed E-state index contributed by atoms with van der Waals surface area (Å²) in [5.74, 6) is 3.25. The van der Waals surface area contributed by atoms with E-state index in [0.29, 0.717) is 4.83 Å². The normalized spacial score (nSPS) is 29.2. The first-order chi connectivity index (χ1) is 5.99. The maximum Gasteiger partial charge on any atom is 0.130 e. The van der Waals surface area contributed by atoms with Crippen LogP contribution in [0.3, 0.4) is 0 Å². The van der Waals surface area contributed by atoms with Crippen LogP contribution in [-0.4, -0.2) is 25.6 Å². The minimum atomic E-state index is -1.23. The van der Waals surface area contributed by atoms with Gasteiger partial charge >= 0.3 is 0 Å². The molecule has 1 heterocycles. The van der Waals surface area contributed by atoms with Crippen LogP contribution in [0.1, 0.15) is 12.8 Å². The van der Waals surface area contributed by atoms with E-state index < -0.39 is 8.07 Å². The number of ether oxygens (including phenoxy) is 1. The highest BCUT2D eigenvalue weighted by Crippen LogP contribution is 2.20. The summed E-state index contributed by atoms with van der Waals surface area (Å²) in [5, 5.41) is 0. The van der Waals surface area contributed by atoms with E-state index in [1.165, 1.54) is 6.42 Å². The standard InChI is InChI=1S/C10H17BrOSi/c1-13(2,3)8-6-10-9(11)5-4-7-12-10/h9-10H,4-5,7H2,1-3H3/t9-,10+/m1/s1. The van der Waals surface area contributed by atoms with Gasteiger partial charge in [-0.3, -0.25) is 0 Å². The molecule has 0 aromatic rings. The van der Waals surface area contributed by atoms with E-state index in [1.54, 1.807) is 0 Å². The maximum atomic E-state index is 5.59. The average molecular weight is 261 g/mol. The number of rotatable bonds is 0. The third kappa shape index (κ3) is 4.30. The second-order valence-corrected chi connectivity index (χ2v) is 10.4. The van der Waals surface area contributed by atoms with E-state index in [4.69, 9.17) is 4.74 Å². The fraction of sp³-hybridized carbons (Fsp3) is 0.800. The predicted molar refractivity (Wildman–Crippen MR) is 62.8 cm³/mol. The predicted octanol–water partition coefficient (Wildman–Crippen LogP) is 2.81. The van der Waals surface area contributed by atoms with Crippen LogP contribution in [0.25, 0.3) is 0 Å². The molecule has 0 spiro atoms. The lowest BCUT2D eigenvalue weighted by molar-refractivity contribution is 0.0591. The molecule has 13 heavy (non-hydrogen) atoms. The van der Waals surface area contributed by atoms with Crippen molar-refractivity contribution in [3.8, 4) is 11.5 Å². The fourth-order valence-corrected chi connectivity index (χ4v) is 2.35. The smallest absolute Gasteiger partial charge is 0.130 e. The number of halogens is 1. The number of hydrogen-bond acceptors (Lipinski definition) is 1. The second-order valence-electron chi connectivity index (χ2n) is 4.47. The molecule has 0 radical (unpaired) electrons. The molecule has 0 N–H and O–H groups in total. The Hall–Kier alpha value is 0.217. The van der Waals surface area contributed by atoms with Crippen LogP contribution in [0, 0.1) is 11.5 Å². The molecule has 0 aromatic carbocycles. The topological polar surface area (TPSA) is 9.23 Å². The van der Waals surface area contributed by atoms with Gasteiger partial charge in [0.15, 0.2) is 0 Å². The van der Waals surface area contributed by atoms with Gasteiger partial charge in [0.2, 0.25) is 0 Å². The zero-order chi connectivity index (χ0) is 9.90. The molecule has 0 aliphatic carbocycles. The molecular formula is C10H17BrOSi. The van der Waals surface area contributed by atoms with Gasteiger partial charge in [-0.15, -0.1) is 5.54 Å². The summed E-state index contributed by atoms with van der Waals surface area (Å²) < 4.78 is 5.59. The van der Waals surface area contributed by atoms with Crippen molar-refractivity contribution < 1.29 is 4.74 Å². The molecule has 0 bridgehead atoms. The third-order valence-corrected chi connectivity index (χ3v) is 3.67. The Morgan fingerprint density at radius 2 is 2.08 bits per heavy atom. The van der Waals surface area contributed by atoms with E-state index in [1.807, 2.05) is 0 Å². The zero-order valence-electron chi connectivity index (χ0n) is 8.56. The Morgan fingerprint density at radius 3 is 2.62 bits per heavy atom. The van der Waals surface area contributed by atoms with Crippen LogP contribution in [-0.2, 0) is 4.74 Å². The molecule has 2 atom stereocenters. The van der Waals surface area contributed by atoms with Crippen molar-refractivity contribution in [1.82, 2.24) is 0 Å². The first kappa shape index (κ1) is 11.3. The highest BCUT2D eigenvalue weighted by atomic mass is 79.9. The summed E-state index contributed by atoms with van der Waals surface area (Å²) in [6.07, 6.45) is 2.46. The molecule has 0 unspecified atom stereocenters. The molecule has 1 fully saturated rings. The van der Waals surface area contributed by atoms with Gasteiger partial charge < -0.3 is 4.74 Å². The molecule has 1 aliphatic rings. The minimum absolute atomic E-state index is 0.125. The van der Waals surface area contributed by atoms with Crippen molar-refractivity contribution in [2.45, 2.75) is 43.4 Å². The van der Waals surface area contributed by atoms with Gasteiger partial charge in [-0.25, -0.2) is 0 Å². The van der Waals surface area contributed by atoms with E-state index in [0.717, 1.165) is 13.0 Å². The van der Waals surface area contributed by atoms with E-state index in [9.17, 15) is 0 Å². The number of hydrogen-bond donors (Lipinski definition) is 0. The highest BCUT2D eigenvalue weighted by molar-refractivity contribution is 9.09. The largest absolute Gasteiger partial charge is 0.364 e. The summed E-state index contributed by atoms with van der Waals surface area (Å²) >= 11 is 3.61. The summed E-state index contributed by atoms with van der Waals surface area (Å²) in [6.45, 7) is 7.64. The molecule has 0 aromatic heterocycles. The van der Waals surface area contributed by atoms with E-state index in [-0.39, 0.29) is 6.10 Å². The average Bonchev–Trinajstić information content (AvgIpc) is 2.01. The summed E-state index contributed by atoms with van der Waals surface area (Å²) in [4.78, 5) is 0.435. The van der Waals surface area contributed by atoms with Crippen molar-refractivity contribution in [2.24, 2.45) is 0 Å². The van der Waals surface area contributed by atoms with Gasteiger partial charge in [0.1, 0.15) is 14.2 Å². The molecule has 1 aliphatic heterocycles. The Bertz CT molecular complexity index is 223. The molecule has 74 valence electrons. The van der Waals surface area contributed by atoms with Crippen LogP contribution < -0.4 is 0 Å². The fourth-order valence-electron chi connectivity index (χ4n) is 1.16. The zero-order valence-corrected chi connectivity index (χ0v) is 11.1. The molecule has 1 rings (SSSR count). The van der Waals surface area contributed by atoms with Crippen molar-refractivity contribution in [3.63, 3.8) is 0 Å². The SMILES string of the molecule is C[Si](C)(C)C#C[C@@H]1OCCC[C@H]1Br. The molecule has 0 saturated carbocycles. The Morgan fingerprint density at radius 1 is 1.38 bits per heavy atom. The van der Waals surface area contributed by atoms with Crippen LogP contribution >= 0.6 is 15.9 Å². The second kappa shape index (κ2) is 4.63. The van der Waals surface area contributed by atoms with Gasteiger partial charge in [0.25, 0.3) is 0 Å². The van der Waals surface area contributed by atoms with Crippen LogP contribution in [0.2, 0.25) is 19.6 Å². The Kier molecular flexibility index (Phi) is 4.02. The van der Waals surface area contributed by atoms with Crippen molar-refractivity contribution >= 4 is 24.0 Å². The van der Waals surface area contributed by atoms with Gasteiger partial charge in [-0.1, -0.05) is 41.5 Å². The lowest BCUT2D eigenvalue weighted by Gasteiger charge is -2.23. The molecular weight excluding hydrogens is 244 g/mol. The first-order valence-electron chi connectivity index (χ1n) is 4.77. The molecule has 0 amide bonds. The molecule has 1 saturated heterocycles. The van der Waals surface area contributed by atoms with E-state index in [2.05, 4.69) is 47.0 Å². The maximum absolute atomic E-state index is 5.59. The summed E-state index contributed by atoms with van der Waals surface area (Å²) in [5.41, 5.74) is 3.36. The first-order valence-corrected chi connectivity index (χ1v) is 9.19. The van der Waals surface area contributed by atoms with Crippen molar-refractivity contribution in [2.75, 3.05) is 6.61 Å².